The van der Waals surface area contributed by atoms with Crippen LogP contribution in [0.25, 0.3) is 11.1 Å². The van der Waals surface area contributed by atoms with Crippen LogP contribution in [0.3, 0.4) is 0 Å². The van der Waals surface area contributed by atoms with E-state index < -0.39 is 11.1 Å². The molecule has 2 N–H and O–H groups in total. The molecule has 0 aliphatic carbocycles. The molecular weight excluding hydrogens is 368 g/mol. The number of non-ortho nitro benzene ring substituents is 1. The second-order valence-electron chi connectivity index (χ2n) is 5.94. The summed E-state index contributed by atoms with van der Waals surface area (Å²) in [5, 5.41) is 33.2. The van der Waals surface area contributed by atoms with E-state index in [0.717, 1.165) is 11.6 Å². The van der Waals surface area contributed by atoms with Crippen LogP contribution in [0.1, 0.15) is 18.4 Å². The van der Waals surface area contributed by atoms with Crippen molar-refractivity contribution in [3.63, 3.8) is 0 Å². The van der Waals surface area contributed by atoms with Crippen LogP contribution < -0.4 is 15.2 Å². The number of carbonyl (C=O) groups is 2. The van der Waals surface area contributed by atoms with Gasteiger partial charge in [0.05, 0.1) is 17.1 Å². The number of nitro benzene ring substituents is 1. The number of aliphatic hydroxyl groups is 1. The van der Waals surface area contributed by atoms with Crippen molar-refractivity contribution in [1.82, 2.24) is 5.32 Å². The van der Waals surface area contributed by atoms with Crippen LogP contribution in [0.4, 0.5) is 10.5 Å². The van der Waals surface area contributed by atoms with Gasteiger partial charge in [0.25, 0.3) is 11.8 Å². The third-order valence-corrected chi connectivity index (χ3v) is 3.90. The maximum absolute atomic E-state index is 11.9. The number of nitrogens with one attached hydrogen (secondary N) is 1. The molecular formula is C19H19N2O7-. The first-order valence-electron chi connectivity index (χ1n) is 8.55. The first-order chi connectivity index (χ1) is 13.4. The molecule has 0 fully saturated rings. The van der Waals surface area contributed by atoms with Crippen molar-refractivity contribution < 1.29 is 29.5 Å². The number of benzene rings is 2. The molecule has 0 atom stereocenters. The maximum Gasteiger partial charge on any atom is 0.270 e. The lowest BCUT2D eigenvalue weighted by Crippen LogP contribution is -2.26. The molecule has 0 bridgehead atoms. The van der Waals surface area contributed by atoms with Crippen molar-refractivity contribution in [2.75, 3.05) is 13.2 Å². The average molecular weight is 387 g/mol. The zero-order valence-corrected chi connectivity index (χ0v) is 14.9. The number of carboxylic acid groups (broad SMARTS) is 1. The van der Waals surface area contributed by atoms with Crippen LogP contribution in [-0.4, -0.2) is 35.2 Å². The Morgan fingerprint density at radius 2 is 1.82 bits per heavy atom. The maximum atomic E-state index is 11.9. The summed E-state index contributed by atoms with van der Waals surface area (Å²) >= 11 is 0. The molecule has 0 saturated carbocycles. The number of nitrogens with zero attached hydrogens (tertiary/aromatic N) is 1. The molecule has 0 spiro atoms. The van der Waals surface area contributed by atoms with Crippen molar-refractivity contribution in [1.29, 1.82) is 0 Å². The lowest BCUT2D eigenvalue weighted by Gasteiger charge is -2.14. The van der Waals surface area contributed by atoms with E-state index in [0.29, 0.717) is 24.9 Å². The fourth-order valence-corrected chi connectivity index (χ4v) is 2.55. The highest BCUT2D eigenvalue weighted by Gasteiger charge is 2.13. The number of unbranched alkanes of at least 4 members (excludes halogenated alkanes) is 1. The highest BCUT2D eigenvalue weighted by molar-refractivity contribution is 5.79. The predicted molar refractivity (Wildman–Crippen MR) is 97.6 cm³/mol. The number of amides is 1. The minimum atomic E-state index is -1.77. The van der Waals surface area contributed by atoms with Crippen molar-refractivity contribution in [2.45, 2.75) is 19.3 Å². The van der Waals surface area contributed by atoms with Crippen molar-refractivity contribution in [3.05, 3.63) is 58.1 Å². The molecule has 0 aliphatic rings. The van der Waals surface area contributed by atoms with Crippen molar-refractivity contribution >= 4 is 17.7 Å². The SMILES string of the molecule is O=C(Cc1ccc(-c2cc([N+](=O)[O-])ccc2OC(=O)[O-])cc1)NCCCCO. The first kappa shape index (κ1) is 20.8. The molecule has 9 nitrogen and oxygen atoms in total. The summed E-state index contributed by atoms with van der Waals surface area (Å²) < 4.78 is 4.59. The molecule has 0 aliphatic heterocycles. The summed E-state index contributed by atoms with van der Waals surface area (Å²) in [5.74, 6) is -0.248. The van der Waals surface area contributed by atoms with E-state index >= 15 is 0 Å². The molecule has 2 aromatic carbocycles. The Balaban J connectivity index is 2.15. The van der Waals surface area contributed by atoms with E-state index in [1.165, 1.54) is 12.1 Å². The molecule has 2 rings (SSSR count). The zero-order chi connectivity index (χ0) is 20.5. The largest absolute Gasteiger partial charge is 0.513 e. The second kappa shape index (κ2) is 10.0. The van der Waals surface area contributed by atoms with Gasteiger partial charge < -0.3 is 25.1 Å². The topological polar surface area (TPSA) is 142 Å². The van der Waals surface area contributed by atoms with Crippen LogP contribution >= 0.6 is 0 Å². The van der Waals surface area contributed by atoms with Gasteiger partial charge in [-0.1, -0.05) is 24.3 Å². The Morgan fingerprint density at radius 1 is 1.11 bits per heavy atom. The second-order valence-corrected chi connectivity index (χ2v) is 5.94. The Bertz CT molecular complexity index is 850. The highest BCUT2D eigenvalue weighted by Crippen LogP contribution is 2.33. The lowest BCUT2D eigenvalue weighted by molar-refractivity contribution is -0.384. The Morgan fingerprint density at radius 3 is 2.43 bits per heavy atom. The van der Waals surface area contributed by atoms with Gasteiger partial charge in [0, 0.05) is 30.8 Å². The summed E-state index contributed by atoms with van der Waals surface area (Å²) in [4.78, 5) is 33.0. The van der Waals surface area contributed by atoms with Gasteiger partial charge in [0.2, 0.25) is 5.91 Å². The predicted octanol–water partition coefficient (Wildman–Crippen LogP) is 1.42. The highest BCUT2D eigenvalue weighted by atomic mass is 16.7. The number of aliphatic hydroxyl groups excluding tert-OH is 1. The van der Waals surface area contributed by atoms with Gasteiger partial charge in [0.1, 0.15) is 0 Å². The minimum absolute atomic E-state index is 0.0820. The number of ether oxygens (including phenoxy) is 1. The monoisotopic (exact) mass is 387 g/mol. The minimum Gasteiger partial charge on any atom is -0.513 e. The number of carbonyl (C=O) groups excluding carboxylic acids is 2. The summed E-state index contributed by atoms with van der Waals surface area (Å²) in [5.41, 5.74) is 1.22. The molecule has 0 saturated heterocycles. The van der Waals surface area contributed by atoms with Crippen LogP contribution in [0.15, 0.2) is 42.5 Å². The van der Waals surface area contributed by atoms with E-state index in [9.17, 15) is 24.8 Å². The zero-order valence-electron chi connectivity index (χ0n) is 14.9. The smallest absolute Gasteiger partial charge is 0.270 e. The van der Waals surface area contributed by atoms with Gasteiger partial charge in [-0.2, -0.15) is 0 Å². The van der Waals surface area contributed by atoms with E-state index in [4.69, 9.17) is 5.11 Å². The normalized spacial score (nSPS) is 10.3. The molecule has 0 aromatic heterocycles. The molecule has 28 heavy (non-hydrogen) atoms. The summed E-state index contributed by atoms with van der Waals surface area (Å²) in [6.45, 7) is 0.563. The Hall–Kier alpha value is -3.46. The average Bonchev–Trinajstić information content (AvgIpc) is 2.66. The summed E-state index contributed by atoms with van der Waals surface area (Å²) in [6, 6.07) is 10.1. The fourth-order valence-electron chi connectivity index (χ4n) is 2.55. The van der Waals surface area contributed by atoms with Crippen molar-refractivity contribution in [3.8, 4) is 16.9 Å². The van der Waals surface area contributed by atoms with Gasteiger partial charge in [-0.25, -0.2) is 0 Å². The number of nitro groups is 1. The molecule has 148 valence electrons. The van der Waals surface area contributed by atoms with Gasteiger partial charge in [-0.05, 0) is 30.0 Å². The fraction of sp³-hybridized carbons (Fsp3) is 0.263. The number of hydrogen-bond acceptors (Lipinski definition) is 7. The molecule has 0 radical (unpaired) electrons. The van der Waals surface area contributed by atoms with Gasteiger partial charge in [0.15, 0.2) is 0 Å². The first-order valence-corrected chi connectivity index (χ1v) is 8.55. The van der Waals surface area contributed by atoms with Crippen LogP contribution in [0.2, 0.25) is 0 Å². The van der Waals surface area contributed by atoms with Crippen LogP contribution in [0.5, 0.6) is 5.75 Å². The number of hydrogen-bond donors (Lipinski definition) is 2. The van der Waals surface area contributed by atoms with E-state index in [1.807, 2.05) is 0 Å². The Kier molecular flexibility index (Phi) is 7.46. The standard InChI is InChI=1S/C19H20N2O7/c22-10-2-1-9-20-18(23)11-13-3-5-14(6-4-13)16-12-15(21(26)27)7-8-17(16)28-19(24)25/h3-8,12,22H,1-2,9-11H2,(H,20,23)(H,24,25)/p-1. The van der Waals surface area contributed by atoms with E-state index in [1.54, 1.807) is 24.3 Å². The molecule has 2 aromatic rings. The van der Waals surface area contributed by atoms with Gasteiger partial charge in [-0.3, -0.25) is 14.9 Å². The molecule has 1 amide bonds. The Labute approximate surface area is 160 Å². The van der Waals surface area contributed by atoms with E-state index in [2.05, 4.69) is 10.1 Å². The number of rotatable bonds is 9. The van der Waals surface area contributed by atoms with Crippen LogP contribution in [0, 0.1) is 10.1 Å². The lowest BCUT2D eigenvalue weighted by atomic mass is 10.0. The molecule has 9 heteroatoms. The van der Waals surface area contributed by atoms with Crippen molar-refractivity contribution in [2.24, 2.45) is 0 Å². The summed E-state index contributed by atoms with van der Waals surface area (Å²) in [7, 11) is 0. The molecule has 0 unspecified atom stereocenters. The third-order valence-electron chi connectivity index (χ3n) is 3.90. The van der Waals surface area contributed by atoms with Gasteiger partial charge >= 0.3 is 0 Å². The third kappa shape index (κ3) is 6.06. The van der Waals surface area contributed by atoms with Gasteiger partial charge in [-0.15, -0.1) is 0 Å². The molecule has 0 heterocycles. The summed E-state index contributed by atoms with van der Waals surface area (Å²) in [6.07, 6.45) is -0.315. The quantitative estimate of drug-likeness (QED) is 0.218. The van der Waals surface area contributed by atoms with E-state index in [-0.39, 0.29) is 35.9 Å². The van der Waals surface area contributed by atoms with Crippen LogP contribution in [-0.2, 0) is 11.2 Å².